The van der Waals surface area contributed by atoms with Gasteiger partial charge in [0.1, 0.15) is 5.75 Å². The predicted molar refractivity (Wildman–Crippen MR) is 65.0 cm³/mol. The van der Waals surface area contributed by atoms with Gasteiger partial charge < -0.3 is 10.1 Å². The number of carbonyl (C=O) groups excluding carboxylic acids is 1. The van der Waals surface area contributed by atoms with Crippen molar-refractivity contribution < 1.29 is 9.53 Å². The van der Waals surface area contributed by atoms with Gasteiger partial charge in [-0.05, 0) is 32.0 Å². The SMILES string of the molecule is COc1ccc(Cl)cc1CC(=O)NC(C)C. The van der Waals surface area contributed by atoms with Crippen molar-refractivity contribution in [3.05, 3.63) is 28.8 Å². The lowest BCUT2D eigenvalue weighted by molar-refractivity contribution is -0.120. The van der Waals surface area contributed by atoms with E-state index in [-0.39, 0.29) is 18.4 Å². The van der Waals surface area contributed by atoms with Gasteiger partial charge in [0.25, 0.3) is 0 Å². The van der Waals surface area contributed by atoms with Crippen molar-refractivity contribution >= 4 is 17.5 Å². The van der Waals surface area contributed by atoms with Gasteiger partial charge in [-0.2, -0.15) is 0 Å². The first-order valence-electron chi connectivity index (χ1n) is 5.14. The van der Waals surface area contributed by atoms with Gasteiger partial charge in [-0.15, -0.1) is 0 Å². The first kappa shape index (κ1) is 12.8. The summed E-state index contributed by atoms with van der Waals surface area (Å²) in [6, 6.07) is 5.39. The summed E-state index contributed by atoms with van der Waals surface area (Å²) in [5.74, 6) is 0.652. The zero-order valence-corrected chi connectivity index (χ0v) is 10.5. The van der Waals surface area contributed by atoms with Gasteiger partial charge in [-0.1, -0.05) is 11.6 Å². The van der Waals surface area contributed by atoms with Crippen LogP contribution in [0.15, 0.2) is 18.2 Å². The Morgan fingerprint density at radius 3 is 2.75 bits per heavy atom. The lowest BCUT2D eigenvalue weighted by Gasteiger charge is -2.11. The highest BCUT2D eigenvalue weighted by atomic mass is 35.5. The van der Waals surface area contributed by atoms with Gasteiger partial charge in [0, 0.05) is 16.6 Å². The molecule has 4 heteroatoms. The third-order valence-electron chi connectivity index (χ3n) is 2.04. The minimum Gasteiger partial charge on any atom is -0.496 e. The Balaban J connectivity index is 2.79. The summed E-state index contributed by atoms with van der Waals surface area (Å²) in [5.41, 5.74) is 0.799. The average Bonchev–Trinajstić information content (AvgIpc) is 2.16. The Morgan fingerprint density at radius 2 is 2.19 bits per heavy atom. The number of halogens is 1. The Bertz CT molecular complexity index is 377. The molecule has 88 valence electrons. The van der Waals surface area contributed by atoms with Crippen molar-refractivity contribution in [2.45, 2.75) is 26.3 Å². The molecule has 1 rings (SSSR count). The van der Waals surface area contributed by atoms with Crippen molar-refractivity contribution in [2.75, 3.05) is 7.11 Å². The zero-order valence-electron chi connectivity index (χ0n) is 9.71. The van der Waals surface area contributed by atoms with Gasteiger partial charge in [0.2, 0.25) is 5.91 Å². The van der Waals surface area contributed by atoms with Crippen molar-refractivity contribution in [3.63, 3.8) is 0 Å². The van der Waals surface area contributed by atoms with Gasteiger partial charge in [0.15, 0.2) is 0 Å². The van der Waals surface area contributed by atoms with Crippen LogP contribution in [0.5, 0.6) is 5.75 Å². The molecule has 0 fully saturated rings. The number of methoxy groups -OCH3 is 1. The van der Waals surface area contributed by atoms with E-state index in [2.05, 4.69) is 5.32 Å². The van der Waals surface area contributed by atoms with E-state index in [1.807, 2.05) is 13.8 Å². The van der Waals surface area contributed by atoms with Gasteiger partial charge in [0.05, 0.1) is 13.5 Å². The molecule has 0 spiro atoms. The van der Waals surface area contributed by atoms with Crippen LogP contribution < -0.4 is 10.1 Å². The molecule has 1 amide bonds. The summed E-state index contributed by atoms with van der Waals surface area (Å²) >= 11 is 5.88. The van der Waals surface area contributed by atoms with Crippen molar-refractivity contribution in [1.82, 2.24) is 5.32 Å². The fourth-order valence-corrected chi connectivity index (χ4v) is 1.63. The lowest BCUT2D eigenvalue weighted by atomic mass is 10.1. The monoisotopic (exact) mass is 241 g/mol. The molecule has 0 saturated carbocycles. The van der Waals surface area contributed by atoms with E-state index in [1.165, 1.54) is 0 Å². The van der Waals surface area contributed by atoms with Crippen LogP contribution in [0, 0.1) is 0 Å². The largest absolute Gasteiger partial charge is 0.496 e. The number of carbonyl (C=O) groups is 1. The summed E-state index contributed by atoms with van der Waals surface area (Å²) in [6.45, 7) is 3.85. The van der Waals surface area contributed by atoms with E-state index in [0.717, 1.165) is 5.56 Å². The van der Waals surface area contributed by atoms with E-state index >= 15 is 0 Å². The second kappa shape index (κ2) is 5.75. The molecule has 3 nitrogen and oxygen atoms in total. The third kappa shape index (κ3) is 3.74. The van der Waals surface area contributed by atoms with Crippen LogP contribution in [0.4, 0.5) is 0 Å². The number of amides is 1. The minimum absolute atomic E-state index is 0.0319. The summed E-state index contributed by atoms with van der Waals surface area (Å²) < 4.78 is 5.17. The van der Waals surface area contributed by atoms with Crippen LogP contribution in [0.25, 0.3) is 0 Å². The minimum atomic E-state index is -0.0319. The molecule has 0 atom stereocenters. The van der Waals surface area contributed by atoms with E-state index in [4.69, 9.17) is 16.3 Å². The fourth-order valence-electron chi connectivity index (χ4n) is 1.43. The maximum Gasteiger partial charge on any atom is 0.224 e. The molecular formula is C12H16ClNO2. The fraction of sp³-hybridized carbons (Fsp3) is 0.417. The van der Waals surface area contributed by atoms with E-state index < -0.39 is 0 Å². The van der Waals surface area contributed by atoms with Crippen molar-refractivity contribution in [3.8, 4) is 5.75 Å². The number of nitrogens with one attached hydrogen (secondary N) is 1. The normalized spacial score (nSPS) is 10.3. The number of hydrogen-bond acceptors (Lipinski definition) is 2. The first-order chi connectivity index (χ1) is 7.52. The number of benzene rings is 1. The second-order valence-corrected chi connectivity index (χ2v) is 4.29. The molecule has 0 aromatic heterocycles. The van der Waals surface area contributed by atoms with Crippen LogP contribution in [-0.2, 0) is 11.2 Å². The highest BCUT2D eigenvalue weighted by Crippen LogP contribution is 2.22. The number of rotatable bonds is 4. The van der Waals surface area contributed by atoms with Gasteiger partial charge >= 0.3 is 0 Å². The summed E-state index contributed by atoms with van der Waals surface area (Å²) in [7, 11) is 1.58. The van der Waals surface area contributed by atoms with Crippen molar-refractivity contribution in [2.24, 2.45) is 0 Å². The van der Waals surface area contributed by atoms with Crippen LogP contribution in [0.1, 0.15) is 19.4 Å². The molecule has 0 saturated heterocycles. The topological polar surface area (TPSA) is 38.3 Å². The Hall–Kier alpha value is -1.22. The quantitative estimate of drug-likeness (QED) is 0.879. The summed E-state index contributed by atoms with van der Waals surface area (Å²) in [6.07, 6.45) is 0.280. The molecule has 0 unspecified atom stereocenters. The Labute approximate surface area is 101 Å². The molecule has 0 aliphatic rings. The van der Waals surface area contributed by atoms with Gasteiger partial charge in [-0.25, -0.2) is 0 Å². The lowest BCUT2D eigenvalue weighted by Crippen LogP contribution is -2.31. The maximum absolute atomic E-state index is 11.6. The molecule has 0 radical (unpaired) electrons. The Morgan fingerprint density at radius 1 is 1.50 bits per heavy atom. The van der Waals surface area contributed by atoms with Gasteiger partial charge in [-0.3, -0.25) is 4.79 Å². The van der Waals surface area contributed by atoms with E-state index in [0.29, 0.717) is 10.8 Å². The molecule has 1 N–H and O–H groups in total. The van der Waals surface area contributed by atoms with Crippen LogP contribution >= 0.6 is 11.6 Å². The second-order valence-electron chi connectivity index (χ2n) is 3.86. The summed E-state index contributed by atoms with van der Waals surface area (Å²) in [5, 5.41) is 3.43. The smallest absolute Gasteiger partial charge is 0.224 e. The van der Waals surface area contributed by atoms with Crippen LogP contribution in [0.2, 0.25) is 5.02 Å². The van der Waals surface area contributed by atoms with Crippen molar-refractivity contribution in [1.29, 1.82) is 0 Å². The molecule has 1 aromatic rings. The average molecular weight is 242 g/mol. The van der Waals surface area contributed by atoms with Crippen LogP contribution in [-0.4, -0.2) is 19.1 Å². The highest BCUT2D eigenvalue weighted by molar-refractivity contribution is 6.30. The highest BCUT2D eigenvalue weighted by Gasteiger charge is 2.09. The molecule has 0 aliphatic heterocycles. The molecular weight excluding hydrogens is 226 g/mol. The standard InChI is InChI=1S/C12H16ClNO2/c1-8(2)14-12(15)7-9-6-10(13)4-5-11(9)16-3/h4-6,8H,7H2,1-3H3,(H,14,15). The predicted octanol–water partition coefficient (Wildman–Crippen LogP) is 2.42. The number of ether oxygens (including phenoxy) is 1. The van der Waals surface area contributed by atoms with Crippen LogP contribution in [0.3, 0.4) is 0 Å². The molecule has 16 heavy (non-hydrogen) atoms. The first-order valence-corrected chi connectivity index (χ1v) is 5.52. The molecule has 0 heterocycles. The zero-order chi connectivity index (χ0) is 12.1. The third-order valence-corrected chi connectivity index (χ3v) is 2.28. The maximum atomic E-state index is 11.6. The Kier molecular flexibility index (Phi) is 4.62. The molecule has 0 bridgehead atoms. The summed E-state index contributed by atoms with van der Waals surface area (Å²) in [4.78, 5) is 11.6. The molecule has 0 aliphatic carbocycles. The van der Waals surface area contributed by atoms with E-state index in [9.17, 15) is 4.79 Å². The van der Waals surface area contributed by atoms with E-state index in [1.54, 1.807) is 25.3 Å². The molecule has 1 aromatic carbocycles. The number of hydrogen-bond donors (Lipinski definition) is 1.